The lowest BCUT2D eigenvalue weighted by Gasteiger charge is -2.30. The van der Waals surface area contributed by atoms with E-state index in [0.29, 0.717) is 23.5 Å². The number of methoxy groups -OCH3 is 2. The Hall–Kier alpha value is -3.63. The number of hydrogen-bond donors (Lipinski definition) is 0. The summed E-state index contributed by atoms with van der Waals surface area (Å²) in [4.78, 5) is 15.2. The summed E-state index contributed by atoms with van der Waals surface area (Å²) < 4.78 is 10.6. The SMILES string of the molecule is COc1ccc(C(=O)CCCN2CCC(=C3c4ccccc4C=Cc4ccccc43)CC2)cc1OC. The van der Waals surface area contributed by atoms with Gasteiger partial charge in [0.2, 0.25) is 0 Å². The van der Waals surface area contributed by atoms with Gasteiger partial charge in [0, 0.05) is 25.1 Å². The van der Waals surface area contributed by atoms with E-state index in [9.17, 15) is 4.79 Å². The molecule has 1 heterocycles. The van der Waals surface area contributed by atoms with Crippen LogP contribution in [0.1, 0.15) is 58.3 Å². The smallest absolute Gasteiger partial charge is 0.163 e. The van der Waals surface area contributed by atoms with E-state index in [-0.39, 0.29) is 5.78 Å². The highest BCUT2D eigenvalue weighted by molar-refractivity contribution is 5.97. The molecule has 4 nitrogen and oxygen atoms in total. The third-order valence-electron chi connectivity index (χ3n) is 7.30. The molecule has 1 aliphatic heterocycles. The van der Waals surface area contributed by atoms with Crippen LogP contribution in [-0.4, -0.2) is 44.5 Å². The molecule has 2 aliphatic rings. The van der Waals surface area contributed by atoms with Crippen molar-refractivity contribution in [3.05, 3.63) is 100 Å². The van der Waals surface area contributed by atoms with Gasteiger partial charge in [-0.15, -0.1) is 0 Å². The molecule has 0 N–H and O–H groups in total. The maximum Gasteiger partial charge on any atom is 0.163 e. The van der Waals surface area contributed by atoms with E-state index in [1.165, 1.54) is 33.4 Å². The van der Waals surface area contributed by atoms with Crippen LogP contribution in [0.3, 0.4) is 0 Å². The van der Waals surface area contributed by atoms with Crippen molar-refractivity contribution < 1.29 is 14.3 Å². The summed E-state index contributed by atoms with van der Waals surface area (Å²) in [6.45, 7) is 3.00. The van der Waals surface area contributed by atoms with E-state index in [2.05, 4.69) is 65.6 Å². The van der Waals surface area contributed by atoms with Gasteiger partial charge in [0.25, 0.3) is 0 Å². The van der Waals surface area contributed by atoms with Crippen LogP contribution >= 0.6 is 0 Å². The maximum absolute atomic E-state index is 12.8. The Bertz CT molecular complexity index is 1260. The number of benzene rings is 3. The fourth-order valence-corrected chi connectivity index (χ4v) is 5.36. The average molecular weight is 480 g/mol. The number of ketones is 1. The summed E-state index contributed by atoms with van der Waals surface area (Å²) in [5, 5.41) is 0. The summed E-state index contributed by atoms with van der Waals surface area (Å²) in [6.07, 6.45) is 7.99. The first-order valence-corrected chi connectivity index (χ1v) is 12.7. The molecule has 5 rings (SSSR count). The Morgan fingerprint density at radius 1 is 0.806 bits per heavy atom. The molecule has 0 spiro atoms. The van der Waals surface area contributed by atoms with E-state index in [1.807, 2.05) is 6.07 Å². The largest absolute Gasteiger partial charge is 0.493 e. The quantitative estimate of drug-likeness (QED) is 0.275. The Morgan fingerprint density at radius 2 is 1.42 bits per heavy atom. The monoisotopic (exact) mass is 479 g/mol. The third kappa shape index (κ3) is 5.00. The minimum absolute atomic E-state index is 0.148. The zero-order valence-corrected chi connectivity index (χ0v) is 21.1. The van der Waals surface area contributed by atoms with Crippen LogP contribution in [0, 0.1) is 0 Å². The van der Waals surface area contributed by atoms with E-state index in [0.717, 1.165) is 38.9 Å². The number of fused-ring (bicyclic) bond motifs is 2. The topological polar surface area (TPSA) is 38.8 Å². The van der Waals surface area contributed by atoms with Gasteiger partial charge in [0.05, 0.1) is 14.2 Å². The fourth-order valence-electron chi connectivity index (χ4n) is 5.36. The molecule has 1 saturated heterocycles. The minimum Gasteiger partial charge on any atom is -0.493 e. The molecule has 0 unspecified atom stereocenters. The van der Waals surface area contributed by atoms with E-state index < -0.39 is 0 Å². The molecular formula is C32H33NO3. The zero-order valence-electron chi connectivity index (χ0n) is 21.1. The van der Waals surface area contributed by atoms with Crippen molar-refractivity contribution in [2.24, 2.45) is 0 Å². The Kier molecular flexibility index (Phi) is 7.33. The van der Waals surface area contributed by atoms with E-state index in [1.54, 1.807) is 26.4 Å². The molecule has 0 radical (unpaired) electrons. The maximum atomic E-state index is 12.8. The van der Waals surface area contributed by atoms with Gasteiger partial charge in [-0.25, -0.2) is 0 Å². The number of ether oxygens (including phenoxy) is 2. The lowest BCUT2D eigenvalue weighted by molar-refractivity contribution is 0.0973. The highest BCUT2D eigenvalue weighted by Gasteiger charge is 2.22. The molecule has 4 heteroatoms. The highest BCUT2D eigenvalue weighted by Crippen LogP contribution is 2.38. The zero-order chi connectivity index (χ0) is 24.9. The first kappa shape index (κ1) is 24.1. The summed E-state index contributed by atoms with van der Waals surface area (Å²) in [6, 6.07) is 22.9. The molecule has 0 bridgehead atoms. The molecular weight excluding hydrogens is 446 g/mol. The number of nitrogens with zero attached hydrogens (tertiary/aromatic N) is 1. The third-order valence-corrected chi connectivity index (χ3v) is 7.30. The number of carbonyl (C=O) groups is 1. The first-order chi connectivity index (χ1) is 17.7. The van der Waals surface area contributed by atoms with Gasteiger partial charge in [-0.05, 0) is 71.8 Å². The molecule has 3 aromatic carbocycles. The van der Waals surface area contributed by atoms with E-state index >= 15 is 0 Å². The first-order valence-electron chi connectivity index (χ1n) is 12.7. The van der Waals surface area contributed by atoms with Gasteiger partial charge >= 0.3 is 0 Å². The van der Waals surface area contributed by atoms with Gasteiger partial charge in [-0.3, -0.25) is 4.79 Å². The van der Waals surface area contributed by atoms with Crippen molar-refractivity contribution in [2.75, 3.05) is 33.9 Å². The van der Waals surface area contributed by atoms with Crippen LogP contribution in [0.15, 0.2) is 72.3 Å². The molecule has 3 aromatic rings. The summed E-state index contributed by atoms with van der Waals surface area (Å²) in [5.41, 5.74) is 8.87. The van der Waals surface area contributed by atoms with Crippen LogP contribution in [0.25, 0.3) is 17.7 Å². The van der Waals surface area contributed by atoms with Crippen LogP contribution in [-0.2, 0) is 0 Å². The molecule has 1 aliphatic carbocycles. The number of carbonyl (C=O) groups excluding carboxylic acids is 1. The van der Waals surface area contributed by atoms with Crippen LogP contribution < -0.4 is 9.47 Å². The fraction of sp³-hybridized carbons (Fsp3) is 0.281. The summed E-state index contributed by atoms with van der Waals surface area (Å²) >= 11 is 0. The number of rotatable bonds is 7. The molecule has 0 saturated carbocycles. The van der Waals surface area contributed by atoms with Crippen LogP contribution in [0.5, 0.6) is 11.5 Å². The van der Waals surface area contributed by atoms with Crippen molar-refractivity contribution in [1.29, 1.82) is 0 Å². The van der Waals surface area contributed by atoms with Crippen LogP contribution in [0.2, 0.25) is 0 Å². The number of likely N-dealkylation sites (tertiary alicyclic amines) is 1. The van der Waals surface area contributed by atoms with Crippen molar-refractivity contribution in [3.63, 3.8) is 0 Å². The Balaban J connectivity index is 1.24. The molecule has 184 valence electrons. The van der Waals surface area contributed by atoms with Gasteiger partial charge in [-0.1, -0.05) is 66.3 Å². The predicted molar refractivity (Wildman–Crippen MR) is 147 cm³/mol. The number of piperidine rings is 1. The molecule has 0 aromatic heterocycles. The van der Waals surface area contributed by atoms with Crippen molar-refractivity contribution >= 4 is 23.5 Å². The van der Waals surface area contributed by atoms with Gasteiger partial charge in [0.1, 0.15) is 0 Å². The summed E-state index contributed by atoms with van der Waals surface area (Å²) in [5.74, 6) is 1.38. The Morgan fingerprint density at radius 3 is 2.03 bits per heavy atom. The molecule has 1 fully saturated rings. The number of Topliss-reactive ketones (excluding diaryl/α,β-unsaturated/α-hetero) is 1. The second-order valence-corrected chi connectivity index (χ2v) is 9.42. The second kappa shape index (κ2) is 11.0. The predicted octanol–water partition coefficient (Wildman–Crippen LogP) is 6.75. The van der Waals surface area contributed by atoms with Crippen molar-refractivity contribution in [2.45, 2.75) is 25.7 Å². The normalized spacial score (nSPS) is 15.2. The minimum atomic E-state index is 0.148. The summed E-state index contributed by atoms with van der Waals surface area (Å²) in [7, 11) is 3.19. The average Bonchev–Trinajstić information content (AvgIpc) is 3.10. The standard InChI is InChI=1S/C32H33NO3/c1-35-30-16-15-26(22-31(30)36-2)29(34)12-7-19-33-20-17-25(18-21-33)32-27-10-5-3-8-23(27)13-14-24-9-4-6-11-28(24)32/h3-6,8-11,13-16,22H,7,12,17-21H2,1-2H3. The molecule has 0 atom stereocenters. The van der Waals surface area contributed by atoms with Gasteiger partial charge < -0.3 is 14.4 Å². The highest BCUT2D eigenvalue weighted by atomic mass is 16.5. The molecule has 36 heavy (non-hydrogen) atoms. The van der Waals surface area contributed by atoms with Crippen LogP contribution in [0.4, 0.5) is 0 Å². The van der Waals surface area contributed by atoms with Gasteiger partial charge in [-0.2, -0.15) is 0 Å². The molecule has 0 amide bonds. The van der Waals surface area contributed by atoms with Gasteiger partial charge in [0.15, 0.2) is 17.3 Å². The van der Waals surface area contributed by atoms with E-state index in [4.69, 9.17) is 9.47 Å². The second-order valence-electron chi connectivity index (χ2n) is 9.42. The van der Waals surface area contributed by atoms with Crippen molar-refractivity contribution in [3.8, 4) is 11.5 Å². The van der Waals surface area contributed by atoms with Crippen molar-refractivity contribution in [1.82, 2.24) is 4.90 Å². The number of hydrogen-bond acceptors (Lipinski definition) is 4. The Labute approximate surface area is 213 Å². The lowest BCUT2D eigenvalue weighted by Crippen LogP contribution is -2.32. The lowest BCUT2D eigenvalue weighted by atomic mass is 9.86.